The highest BCUT2D eigenvalue weighted by atomic mass is 15.2. The summed E-state index contributed by atoms with van der Waals surface area (Å²) in [5.41, 5.74) is 7.56. The van der Waals surface area contributed by atoms with E-state index in [2.05, 4.69) is 48.0 Å². The van der Waals surface area contributed by atoms with Gasteiger partial charge in [-0.3, -0.25) is 4.90 Å². The third kappa shape index (κ3) is 3.55. The van der Waals surface area contributed by atoms with Gasteiger partial charge in [-0.2, -0.15) is 0 Å². The van der Waals surface area contributed by atoms with Crippen molar-refractivity contribution in [1.82, 2.24) is 9.80 Å². The first kappa shape index (κ1) is 13.5. The second-order valence-corrected chi connectivity index (χ2v) is 5.48. The van der Waals surface area contributed by atoms with Crippen molar-refractivity contribution in [3.63, 3.8) is 0 Å². The van der Waals surface area contributed by atoms with Crippen LogP contribution in [0.3, 0.4) is 0 Å². The van der Waals surface area contributed by atoms with Crippen molar-refractivity contribution in [3.8, 4) is 0 Å². The third-order valence-corrected chi connectivity index (χ3v) is 3.84. The molecule has 1 unspecified atom stereocenters. The summed E-state index contributed by atoms with van der Waals surface area (Å²) >= 11 is 0. The fourth-order valence-electron chi connectivity index (χ4n) is 2.75. The lowest BCUT2D eigenvalue weighted by molar-refractivity contribution is 0.192. The minimum Gasteiger partial charge on any atom is -0.323 e. The summed E-state index contributed by atoms with van der Waals surface area (Å²) in [4.78, 5) is 4.94. The van der Waals surface area contributed by atoms with E-state index in [0.717, 1.165) is 19.6 Å². The normalized spacial score (nSPS) is 24.7. The average Bonchev–Trinajstić information content (AvgIpc) is 2.52. The van der Waals surface area contributed by atoms with Gasteiger partial charge >= 0.3 is 0 Å². The molecule has 0 bridgehead atoms. The molecule has 2 atom stereocenters. The zero-order chi connectivity index (χ0) is 13.0. The SMILES string of the molecule is CC1CN(C)CCCN1C[C@@H](N)c1ccccc1. The van der Waals surface area contributed by atoms with Gasteiger partial charge in [0.2, 0.25) is 0 Å². The standard InChI is InChI=1S/C15H25N3/c1-13-11-17(2)9-6-10-18(13)12-15(16)14-7-4-3-5-8-14/h3-5,7-8,13,15H,6,9-12,16H2,1-2H3/t13?,15-/m1/s1. The summed E-state index contributed by atoms with van der Waals surface area (Å²) in [6.07, 6.45) is 1.24. The number of likely N-dealkylation sites (N-methyl/N-ethyl adjacent to an activating group) is 1. The molecule has 1 fully saturated rings. The third-order valence-electron chi connectivity index (χ3n) is 3.84. The molecule has 1 aliphatic heterocycles. The first-order valence-corrected chi connectivity index (χ1v) is 6.90. The Hall–Kier alpha value is -0.900. The summed E-state index contributed by atoms with van der Waals surface area (Å²) in [6.45, 7) is 6.76. The number of rotatable bonds is 3. The summed E-state index contributed by atoms with van der Waals surface area (Å²) < 4.78 is 0. The Morgan fingerprint density at radius 1 is 1.28 bits per heavy atom. The maximum Gasteiger partial charge on any atom is 0.0424 e. The lowest BCUT2D eigenvalue weighted by Crippen LogP contribution is -2.41. The maximum atomic E-state index is 6.32. The zero-order valence-electron chi connectivity index (χ0n) is 11.5. The molecule has 3 heteroatoms. The van der Waals surface area contributed by atoms with E-state index in [1.54, 1.807) is 0 Å². The quantitative estimate of drug-likeness (QED) is 0.882. The number of nitrogens with zero attached hydrogens (tertiary/aromatic N) is 2. The molecule has 0 aromatic heterocycles. The molecule has 0 radical (unpaired) electrons. The fraction of sp³-hybridized carbons (Fsp3) is 0.600. The van der Waals surface area contributed by atoms with Crippen LogP contribution in [0.1, 0.15) is 24.9 Å². The van der Waals surface area contributed by atoms with Crippen LogP contribution in [0.4, 0.5) is 0 Å². The fourth-order valence-corrected chi connectivity index (χ4v) is 2.75. The van der Waals surface area contributed by atoms with Crippen LogP contribution in [0, 0.1) is 0 Å². The van der Waals surface area contributed by atoms with Crippen molar-refractivity contribution >= 4 is 0 Å². The molecule has 18 heavy (non-hydrogen) atoms. The predicted molar refractivity (Wildman–Crippen MR) is 76.5 cm³/mol. The van der Waals surface area contributed by atoms with Crippen LogP contribution < -0.4 is 5.73 Å². The Morgan fingerprint density at radius 2 is 2.00 bits per heavy atom. The predicted octanol–water partition coefficient (Wildman–Crippen LogP) is 1.71. The molecule has 0 amide bonds. The Morgan fingerprint density at radius 3 is 2.72 bits per heavy atom. The van der Waals surface area contributed by atoms with Gasteiger partial charge in [-0.1, -0.05) is 30.3 Å². The summed E-state index contributed by atoms with van der Waals surface area (Å²) in [5.74, 6) is 0. The van der Waals surface area contributed by atoms with Gasteiger partial charge in [0, 0.05) is 25.2 Å². The van der Waals surface area contributed by atoms with Crippen molar-refractivity contribution in [3.05, 3.63) is 35.9 Å². The topological polar surface area (TPSA) is 32.5 Å². The van der Waals surface area contributed by atoms with Crippen molar-refractivity contribution in [2.24, 2.45) is 5.73 Å². The molecule has 1 aromatic carbocycles. The van der Waals surface area contributed by atoms with Gasteiger partial charge in [0.15, 0.2) is 0 Å². The molecule has 2 N–H and O–H groups in total. The van der Waals surface area contributed by atoms with Crippen LogP contribution in [0.15, 0.2) is 30.3 Å². The van der Waals surface area contributed by atoms with E-state index in [-0.39, 0.29) is 6.04 Å². The minimum absolute atomic E-state index is 0.122. The molecular formula is C15H25N3. The molecule has 2 rings (SSSR count). The number of nitrogens with two attached hydrogens (primary N) is 1. The Bertz CT molecular complexity index is 352. The summed E-state index contributed by atoms with van der Waals surface area (Å²) in [6, 6.07) is 11.1. The maximum absolute atomic E-state index is 6.32. The van der Waals surface area contributed by atoms with Gasteiger partial charge < -0.3 is 10.6 Å². The van der Waals surface area contributed by atoms with Crippen LogP contribution in [0.5, 0.6) is 0 Å². The molecule has 1 aromatic rings. The largest absolute Gasteiger partial charge is 0.323 e. The van der Waals surface area contributed by atoms with Gasteiger partial charge in [-0.05, 0) is 39.0 Å². The van der Waals surface area contributed by atoms with Crippen molar-refractivity contribution in [2.45, 2.75) is 25.4 Å². The number of hydrogen-bond donors (Lipinski definition) is 1. The molecule has 100 valence electrons. The molecule has 3 nitrogen and oxygen atoms in total. The second-order valence-electron chi connectivity index (χ2n) is 5.48. The lowest BCUT2D eigenvalue weighted by Gasteiger charge is -2.30. The number of hydrogen-bond acceptors (Lipinski definition) is 3. The van der Waals surface area contributed by atoms with Gasteiger partial charge in [-0.15, -0.1) is 0 Å². The van der Waals surface area contributed by atoms with E-state index in [4.69, 9.17) is 5.73 Å². The zero-order valence-corrected chi connectivity index (χ0v) is 11.5. The van der Waals surface area contributed by atoms with Gasteiger partial charge in [0.25, 0.3) is 0 Å². The van der Waals surface area contributed by atoms with Crippen LogP contribution in [-0.4, -0.2) is 49.1 Å². The Balaban J connectivity index is 1.96. The van der Waals surface area contributed by atoms with Crippen LogP contribution in [-0.2, 0) is 0 Å². The Labute approximate surface area is 111 Å². The smallest absolute Gasteiger partial charge is 0.0424 e. The van der Waals surface area contributed by atoms with Crippen molar-refractivity contribution < 1.29 is 0 Å². The van der Waals surface area contributed by atoms with Crippen molar-refractivity contribution in [2.75, 3.05) is 33.2 Å². The molecule has 1 aliphatic rings. The molecule has 1 heterocycles. The molecular weight excluding hydrogens is 222 g/mol. The number of benzene rings is 1. The lowest BCUT2D eigenvalue weighted by atomic mass is 10.1. The molecule has 0 spiro atoms. The Kier molecular flexibility index (Phi) is 4.75. The van der Waals surface area contributed by atoms with E-state index >= 15 is 0 Å². The van der Waals surface area contributed by atoms with Gasteiger partial charge in [0.1, 0.15) is 0 Å². The summed E-state index contributed by atoms with van der Waals surface area (Å²) in [5, 5.41) is 0. The van der Waals surface area contributed by atoms with Crippen LogP contribution in [0.2, 0.25) is 0 Å². The highest BCUT2D eigenvalue weighted by molar-refractivity contribution is 5.18. The van der Waals surface area contributed by atoms with Gasteiger partial charge in [0.05, 0.1) is 0 Å². The highest BCUT2D eigenvalue weighted by Crippen LogP contribution is 2.15. The van der Waals surface area contributed by atoms with Crippen LogP contribution in [0.25, 0.3) is 0 Å². The first-order chi connectivity index (χ1) is 8.66. The second kappa shape index (κ2) is 6.32. The molecule has 0 aliphatic carbocycles. The van der Waals surface area contributed by atoms with E-state index in [9.17, 15) is 0 Å². The van der Waals surface area contributed by atoms with Gasteiger partial charge in [-0.25, -0.2) is 0 Å². The van der Waals surface area contributed by atoms with E-state index in [1.165, 1.54) is 18.5 Å². The molecule has 0 saturated carbocycles. The highest BCUT2D eigenvalue weighted by Gasteiger charge is 2.21. The minimum atomic E-state index is 0.122. The van der Waals surface area contributed by atoms with Crippen LogP contribution >= 0.6 is 0 Å². The summed E-state index contributed by atoms with van der Waals surface area (Å²) in [7, 11) is 2.21. The van der Waals surface area contributed by atoms with E-state index < -0.39 is 0 Å². The van der Waals surface area contributed by atoms with Crippen molar-refractivity contribution in [1.29, 1.82) is 0 Å². The molecule has 1 saturated heterocycles. The first-order valence-electron chi connectivity index (χ1n) is 6.90. The monoisotopic (exact) mass is 247 g/mol. The average molecular weight is 247 g/mol. The van der Waals surface area contributed by atoms with E-state index in [0.29, 0.717) is 6.04 Å². The van der Waals surface area contributed by atoms with E-state index in [1.807, 2.05) is 6.07 Å².